The SMILES string of the molecule is CC(N)CC(=O)N(CCS(C)(=O)=O)C1CC1. The molecule has 0 saturated heterocycles. The van der Waals surface area contributed by atoms with E-state index in [0.29, 0.717) is 13.0 Å². The summed E-state index contributed by atoms with van der Waals surface area (Å²) in [5, 5.41) is 0. The fourth-order valence-corrected chi connectivity index (χ4v) is 2.08. The molecular weight excluding hydrogens is 228 g/mol. The summed E-state index contributed by atoms with van der Waals surface area (Å²) in [6.45, 7) is 2.08. The summed E-state index contributed by atoms with van der Waals surface area (Å²) in [7, 11) is -3.01. The maximum Gasteiger partial charge on any atom is 0.224 e. The zero-order chi connectivity index (χ0) is 12.3. The van der Waals surface area contributed by atoms with Crippen LogP contribution in [0.2, 0.25) is 0 Å². The van der Waals surface area contributed by atoms with Gasteiger partial charge in [0.1, 0.15) is 9.84 Å². The number of hydrogen-bond donors (Lipinski definition) is 1. The van der Waals surface area contributed by atoms with Crippen molar-refractivity contribution in [1.82, 2.24) is 4.90 Å². The van der Waals surface area contributed by atoms with Crippen molar-refractivity contribution in [2.45, 2.75) is 38.3 Å². The van der Waals surface area contributed by atoms with E-state index in [1.807, 2.05) is 0 Å². The molecule has 1 amide bonds. The Balaban J connectivity index is 2.51. The molecule has 0 aromatic carbocycles. The van der Waals surface area contributed by atoms with Gasteiger partial charge in [0.05, 0.1) is 5.75 Å². The van der Waals surface area contributed by atoms with Gasteiger partial charge < -0.3 is 10.6 Å². The minimum Gasteiger partial charge on any atom is -0.339 e. The second-order valence-electron chi connectivity index (χ2n) is 4.63. The van der Waals surface area contributed by atoms with Crippen LogP contribution in [-0.4, -0.2) is 49.9 Å². The molecule has 0 heterocycles. The molecular formula is C10H20N2O3S. The Morgan fingerprint density at radius 2 is 2.06 bits per heavy atom. The second kappa shape index (κ2) is 5.14. The number of nitrogens with two attached hydrogens (primary N) is 1. The highest BCUT2D eigenvalue weighted by molar-refractivity contribution is 7.90. The van der Waals surface area contributed by atoms with Gasteiger partial charge in [-0.25, -0.2) is 8.42 Å². The standard InChI is InChI=1S/C10H20N2O3S/c1-8(11)7-10(13)12(9-3-4-9)5-6-16(2,14)15/h8-9H,3-7,11H2,1-2H3. The molecule has 0 aromatic rings. The summed E-state index contributed by atoms with van der Waals surface area (Å²) in [5.41, 5.74) is 5.57. The van der Waals surface area contributed by atoms with Crippen LogP contribution in [-0.2, 0) is 14.6 Å². The van der Waals surface area contributed by atoms with E-state index in [1.54, 1.807) is 11.8 Å². The van der Waals surface area contributed by atoms with E-state index >= 15 is 0 Å². The summed E-state index contributed by atoms with van der Waals surface area (Å²) in [6.07, 6.45) is 3.44. The minimum absolute atomic E-state index is 0.0267. The third kappa shape index (κ3) is 4.94. The Hall–Kier alpha value is -0.620. The van der Waals surface area contributed by atoms with Crippen molar-refractivity contribution < 1.29 is 13.2 Å². The first-order valence-electron chi connectivity index (χ1n) is 5.52. The number of carbonyl (C=O) groups is 1. The summed E-state index contributed by atoms with van der Waals surface area (Å²) in [4.78, 5) is 13.5. The van der Waals surface area contributed by atoms with E-state index in [1.165, 1.54) is 6.26 Å². The molecule has 94 valence electrons. The number of sulfone groups is 1. The molecule has 0 spiro atoms. The first kappa shape index (κ1) is 13.4. The summed E-state index contributed by atoms with van der Waals surface area (Å²) >= 11 is 0. The van der Waals surface area contributed by atoms with Gasteiger partial charge in [-0.3, -0.25) is 4.79 Å². The van der Waals surface area contributed by atoms with E-state index < -0.39 is 9.84 Å². The van der Waals surface area contributed by atoms with Crippen molar-refractivity contribution in [3.63, 3.8) is 0 Å². The van der Waals surface area contributed by atoms with Gasteiger partial charge in [0, 0.05) is 31.3 Å². The number of carbonyl (C=O) groups excluding carboxylic acids is 1. The number of rotatable bonds is 6. The lowest BCUT2D eigenvalue weighted by molar-refractivity contribution is -0.131. The van der Waals surface area contributed by atoms with Crippen LogP contribution in [0.25, 0.3) is 0 Å². The van der Waals surface area contributed by atoms with Gasteiger partial charge in [0.15, 0.2) is 0 Å². The molecule has 1 aliphatic rings. The van der Waals surface area contributed by atoms with Crippen molar-refractivity contribution in [3.05, 3.63) is 0 Å². The van der Waals surface area contributed by atoms with E-state index in [9.17, 15) is 13.2 Å². The maximum atomic E-state index is 11.8. The molecule has 16 heavy (non-hydrogen) atoms. The first-order chi connectivity index (χ1) is 7.29. The third-order valence-electron chi connectivity index (χ3n) is 2.51. The van der Waals surface area contributed by atoms with Crippen molar-refractivity contribution >= 4 is 15.7 Å². The van der Waals surface area contributed by atoms with E-state index in [2.05, 4.69) is 0 Å². The molecule has 1 rings (SSSR count). The molecule has 0 radical (unpaired) electrons. The number of hydrogen-bond acceptors (Lipinski definition) is 4. The molecule has 1 aliphatic carbocycles. The predicted molar refractivity (Wildman–Crippen MR) is 62.7 cm³/mol. The highest BCUT2D eigenvalue weighted by atomic mass is 32.2. The number of nitrogens with zero attached hydrogens (tertiary/aromatic N) is 1. The molecule has 5 nitrogen and oxygen atoms in total. The Morgan fingerprint density at radius 1 is 1.50 bits per heavy atom. The molecule has 1 saturated carbocycles. The average Bonchev–Trinajstić information content (AvgIpc) is 2.84. The zero-order valence-electron chi connectivity index (χ0n) is 9.85. The van der Waals surface area contributed by atoms with Crippen LogP contribution in [0.15, 0.2) is 0 Å². The Morgan fingerprint density at radius 3 is 2.44 bits per heavy atom. The van der Waals surface area contributed by atoms with Crippen LogP contribution in [0.1, 0.15) is 26.2 Å². The smallest absolute Gasteiger partial charge is 0.224 e. The molecule has 0 aromatic heterocycles. The topological polar surface area (TPSA) is 80.5 Å². The van der Waals surface area contributed by atoms with Crippen molar-refractivity contribution in [1.29, 1.82) is 0 Å². The van der Waals surface area contributed by atoms with Gasteiger partial charge in [-0.15, -0.1) is 0 Å². The fourth-order valence-electron chi connectivity index (χ4n) is 1.55. The average molecular weight is 248 g/mol. The van der Waals surface area contributed by atoms with Gasteiger partial charge >= 0.3 is 0 Å². The fraction of sp³-hybridized carbons (Fsp3) is 0.900. The molecule has 0 aliphatic heterocycles. The van der Waals surface area contributed by atoms with Crippen molar-refractivity contribution in [2.75, 3.05) is 18.6 Å². The Bertz CT molecular complexity index is 347. The quantitative estimate of drug-likeness (QED) is 0.703. The zero-order valence-corrected chi connectivity index (χ0v) is 10.7. The van der Waals surface area contributed by atoms with Crippen LogP contribution >= 0.6 is 0 Å². The predicted octanol–water partition coefficient (Wildman–Crippen LogP) is -0.241. The molecule has 6 heteroatoms. The Kier molecular flexibility index (Phi) is 4.32. The van der Waals surface area contributed by atoms with E-state index in [0.717, 1.165) is 12.8 Å². The van der Waals surface area contributed by atoms with E-state index in [4.69, 9.17) is 5.73 Å². The summed E-state index contributed by atoms with van der Waals surface area (Å²) in [5.74, 6) is 0.00919. The Labute approximate surface area is 96.9 Å². The van der Waals surface area contributed by atoms with E-state index in [-0.39, 0.29) is 23.7 Å². The van der Waals surface area contributed by atoms with Gasteiger partial charge in [0.25, 0.3) is 0 Å². The van der Waals surface area contributed by atoms with Gasteiger partial charge in [-0.2, -0.15) is 0 Å². The van der Waals surface area contributed by atoms with Crippen molar-refractivity contribution in [2.24, 2.45) is 5.73 Å². The molecule has 0 bridgehead atoms. The van der Waals surface area contributed by atoms with Crippen LogP contribution in [0.4, 0.5) is 0 Å². The van der Waals surface area contributed by atoms with Crippen LogP contribution in [0, 0.1) is 0 Å². The molecule has 1 fully saturated rings. The summed E-state index contributed by atoms with van der Waals surface area (Å²) in [6, 6.07) is 0.0694. The van der Waals surface area contributed by atoms with Crippen LogP contribution in [0.5, 0.6) is 0 Å². The molecule has 2 N–H and O–H groups in total. The first-order valence-corrected chi connectivity index (χ1v) is 7.58. The third-order valence-corrected chi connectivity index (χ3v) is 3.43. The molecule has 1 unspecified atom stereocenters. The summed E-state index contributed by atoms with van der Waals surface area (Å²) < 4.78 is 22.1. The van der Waals surface area contributed by atoms with Crippen LogP contribution in [0.3, 0.4) is 0 Å². The monoisotopic (exact) mass is 248 g/mol. The van der Waals surface area contributed by atoms with Gasteiger partial charge in [-0.05, 0) is 19.8 Å². The second-order valence-corrected chi connectivity index (χ2v) is 6.89. The lowest BCUT2D eigenvalue weighted by Gasteiger charge is -2.22. The van der Waals surface area contributed by atoms with Crippen LogP contribution < -0.4 is 5.73 Å². The lowest BCUT2D eigenvalue weighted by atomic mass is 10.2. The maximum absolute atomic E-state index is 11.8. The minimum atomic E-state index is -3.01. The highest BCUT2D eigenvalue weighted by Crippen LogP contribution is 2.27. The largest absolute Gasteiger partial charge is 0.339 e. The van der Waals surface area contributed by atoms with Crippen molar-refractivity contribution in [3.8, 4) is 0 Å². The normalized spacial score (nSPS) is 18.2. The number of amides is 1. The highest BCUT2D eigenvalue weighted by Gasteiger charge is 2.32. The van der Waals surface area contributed by atoms with Gasteiger partial charge in [-0.1, -0.05) is 0 Å². The lowest BCUT2D eigenvalue weighted by Crippen LogP contribution is -2.39. The van der Waals surface area contributed by atoms with Gasteiger partial charge in [0.2, 0.25) is 5.91 Å². The molecule has 1 atom stereocenters.